The minimum absolute atomic E-state index is 0.321. The summed E-state index contributed by atoms with van der Waals surface area (Å²) in [5.74, 6) is -0.646. The number of carbonyl (C=O) groups excluding carboxylic acids is 1. The molecule has 4 nitrogen and oxygen atoms in total. The molecule has 0 heterocycles. The number of hydrogen-bond acceptors (Lipinski definition) is 3. The Bertz CT molecular complexity index is 395. The number of amides is 1. The summed E-state index contributed by atoms with van der Waals surface area (Å²) >= 11 is 5.85. The molecule has 0 aliphatic heterocycles. The van der Waals surface area contributed by atoms with Gasteiger partial charge in [-0.3, -0.25) is 4.79 Å². The van der Waals surface area contributed by atoms with Gasteiger partial charge in [-0.15, -0.1) is 0 Å². The van der Waals surface area contributed by atoms with Crippen LogP contribution < -0.4 is 5.73 Å². The first-order chi connectivity index (χ1) is 9.08. The lowest BCUT2D eigenvalue weighted by Crippen LogP contribution is -2.36. The van der Waals surface area contributed by atoms with E-state index in [1.807, 2.05) is 12.1 Å². The van der Waals surface area contributed by atoms with Crippen molar-refractivity contribution in [1.82, 2.24) is 4.90 Å². The number of rotatable bonds is 8. The maximum Gasteiger partial charge on any atom is 0.226 e. The van der Waals surface area contributed by atoms with Crippen LogP contribution in [0.4, 0.5) is 0 Å². The molecule has 0 bridgehead atoms. The minimum Gasteiger partial charge on any atom is -0.383 e. The smallest absolute Gasteiger partial charge is 0.226 e. The fourth-order valence-electron chi connectivity index (χ4n) is 1.91. The van der Waals surface area contributed by atoms with Crippen LogP contribution in [0.1, 0.15) is 18.4 Å². The average Bonchev–Trinajstić information content (AvgIpc) is 2.40. The molecule has 0 aliphatic carbocycles. The summed E-state index contributed by atoms with van der Waals surface area (Å²) in [6.07, 6.45) is 0. The Balaban J connectivity index is 2.77. The molecule has 5 heteroatoms. The van der Waals surface area contributed by atoms with Crippen LogP contribution in [0.25, 0.3) is 0 Å². The molecule has 0 aliphatic rings. The lowest BCUT2D eigenvalue weighted by Gasteiger charge is -2.24. The van der Waals surface area contributed by atoms with Gasteiger partial charge in [-0.1, -0.05) is 30.7 Å². The largest absolute Gasteiger partial charge is 0.383 e. The summed E-state index contributed by atoms with van der Waals surface area (Å²) in [4.78, 5) is 13.8. The lowest BCUT2D eigenvalue weighted by molar-refractivity contribution is -0.119. The van der Waals surface area contributed by atoms with Gasteiger partial charge in [-0.25, -0.2) is 0 Å². The van der Waals surface area contributed by atoms with Gasteiger partial charge < -0.3 is 15.4 Å². The predicted octanol–water partition coefficient (Wildman–Crippen LogP) is 1.88. The van der Waals surface area contributed by atoms with Crippen LogP contribution in [-0.4, -0.2) is 44.2 Å². The first kappa shape index (κ1) is 16.0. The first-order valence-electron chi connectivity index (χ1n) is 6.34. The molecule has 1 aromatic rings. The zero-order valence-corrected chi connectivity index (χ0v) is 12.2. The summed E-state index contributed by atoms with van der Waals surface area (Å²) in [7, 11) is 1.67. The zero-order chi connectivity index (χ0) is 14.3. The second kappa shape index (κ2) is 8.15. The summed E-state index contributed by atoms with van der Waals surface area (Å²) in [5.41, 5.74) is 6.40. The van der Waals surface area contributed by atoms with Crippen LogP contribution in [0.15, 0.2) is 24.3 Å². The Kier molecular flexibility index (Phi) is 6.84. The van der Waals surface area contributed by atoms with Crippen LogP contribution in [0, 0.1) is 0 Å². The van der Waals surface area contributed by atoms with Crippen molar-refractivity contribution >= 4 is 17.5 Å². The maximum atomic E-state index is 11.6. The summed E-state index contributed by atoms with van der Waals surface area (Å²) in [6.45, 7) is 4.91. The molecule has 0 saturated carbocycles. The highest BCUT2D eigenvalue weighted by Gasteiger charge is 2.20. The zero-order valence-electron chi connectivity index (χ0n) is 11.4. The van der Waals surface area contributed by atoms with Crippen molar-refractivity contribution < 1.29 is 9.53 Å². The van der Waals surface area contributed by atoms with Crippen LogP contribution in [0.3, 0.4) is 0 Å². The molecule has 1 atom stereocenters. The molecule has 0 spiro atoms. The molecular weight excluding hydrogens is 264 g/mol. The Labute approximate surface area is 119 Å². The highest BCUT2D eigenvalue weighted by Crippen LogP contribution is 2.19. The van der Waals surface area contributed by atoms with Crippen LogP contribution in [-0.2, 0) is 9.53 Å². The molecule has 1 aromatic carbocycles. The number of ether oxygens (including phenoxy) is 1. The van der Waals surface area contributed by atoms with Crippen molar-refractivity contribution in [3.8, 4) is 0 Å². The summed E-state index contributed by atoms with van der Waals surface area (Å²) in [5, 5.41) is 0.652. The Morgan fingerprint density at radius 1 is 1.42 bits per heavy atom. The first-order valence-corrected chi connectivity index (χ1v) is 6.72. The van der Waals surface area contributed by atoms with Gasteiger partial charge in [0.25, 0.3) is 0 Å². The van der Waals surface area contributed by atoms with Gasteiger partial charge in [-0.2, -0.15) is 0 Å². The molecule has 0 fully saturated rings. The third-order valence-corrected chi connectivity index (χ3v) is 3.37. The Morgan fingerprint density at radius 2 is 2.05 bits per heavy atom. The monoisotopic (exact) mass is 284 g/mol. The predicted molar refractivity (Wildman–Crippen MR) is 77.4 cm³/mol. The highest BCUT2D eigenvalue weighted by atomic mass is 35.5. The fourth-order valence-corrected chi connectivity index (χ4v) is 2.04. The van der Waals surface area contributed by atoms with Crippen molar-refractivity contribution in [3.63, 3.8) is 0 Å². The van der Waals surface area contributed by atoms with Crippen LogP contribution in [0.5, 0.6) is 0 Å². The molecule has 1 amide bonds. The number of likely N-dealkylation sites (N-methyl/N-ethyl adjacent to an activating group) is 1. The lowest BCUT2D eigenvalue weighted by atomic mass is 9.98. The number of nitrogens with two attached hydrogens (primary N) is 1. The third-order valence-electron chi connectivity index (χ3n) is 3.12. The van der Waals surface area contributed by atoms with E-state index in [0.717, 1.165) is 18.7 Å². The van der Waals surface area contributed by atoms with E-state index < -0.39 is 0 Å². The van der Waals surface area contributed by atoms with Crippen molar-refractivity contribution in [2.45, 2.75) is 12.8 Å². The van der Waals surface area contributed by atoms with Crippen molar-refractivity contribution in [3.05, 3.63) is 34.9 Å². The van der Waals surface area contributed by atoms with E-state index in [1.54, 1.807) is 19.2 Å². The van der Waals surface area contributed by atoms with Gasteiger partial charge >= 0.3 is 0 Å². The molecule has 106 valence electrons. The Morgan fingerprint density at radius 3 is 2.53 bits per heavy atom. The van der Waals surface area contributed by atoms with E-state index in [2.05, 4.69) is 11.8 Å². The average molecular weight is 285 g/mol. The maximum absolute atomic E-state index is 11.6. The standard InChI is InChI=1S/C14H21ClN2O2/c1-3-17(8-9-19-2)10-13(14(16)18)11-4-6-12(15)7-5-11/h4-7,13H,3,8-10H2,1-2H3,(H2,16,18)/t13-/m1/s1. The van der Waals surface area contributed by atoms with E-state index in [0.29, 0.717) is 18.2 Å². The fraction of sp³-hybridized carbons (Fsp3) is 0.500. The molecular formula is C14H21ClN2O2. The Hall–Kier alpha value is -1.10. The number of halogens is 1. The van der Waals surface area contributed by atoms with Crippen molar-refractivity contribution in [2.75, 3.05) is 33.4 Å². The van der Waals surface area contributed by atoms with Crippen LogP contribution >= 0.6 is 11.6 Å². The molecule has 19 heavy (non-hydrogen) atoms. The molecule has 0 radical (unpaired) electrons. The van der Waals surface area contributed by atoms with E-state index in [9.17, 15) is 4.79 Å². The topological polar surface area (TPSA) is 55.6 Å². The normalized spacial score (nSPS) is 12.6. The van der Waals surface area contributed by atoms with Gasteiger partial charge in [0.1, 0.15) is 0 Å². The second-order valence-corrected chi connectivity index (χ2v) is 4.83. The van der Waals surface area contributed by atoms with Gasteiger partial charge in [-0.05, 0) is 24.2 Å². The number of carbonyl (C=O) groups is 1. The summed E-state index contributed by atoms with van der Waals surface area (Å²) in [6, 6.07) is 7.25. The van der Waals surface area contributed by atoms with Gasteiger partial charge in [0.05, 0.1) is 12.5 Å². The number of methoxy groups -OCH3 is 1. The quantitative estimate of drug-likeness (QED) is 0.793. The molecule has 0 saturated heterocycles. The van der Waals surface area contributed by atoms with E-state index in [1.165, 1.54) is 0 Å². The van der Waals surface area contributed by atoms with E-state index >= 15 is 0 Å². The molecule has 0 unspecified atom stereocenters. The van der Waals surface area contributed by atoms with Crippen LogP contribution in [0.2, 0.25) is 5.02 Å². The van der Waals surface area contributed by atoms with Gasteiger partial charge in [0, 0.05) is 25.2 Å². The third kappa shape index (κ3) is 5.19. The SMILES string of the molecule is CCN(CCOC)C[C@@H](C(N)=O)c1ccc(Cl)cc1. The highest BCUT2D eigenvalue weighted by molar-refractivity contribution is 6.30. The molecule has 1 rings (SSSR count). The second-order valence-electron chi connectivity index (χ2n) is 4.39. The number of benzene rings is 1. The minimum atomic E-state index is -0.325. The number of nitrogens with zero attached hydrogens (tertiary/aromatic N) is 1. The van der Waals surface area contributed by atoms with E-state index in [4.69, 9.17) is 22.1 Å². The van der Waals surface area contributed by atoms with Crippen molar-refractivity contribution in [2.24, 2.45) is 5.73 Å². The molecule has 0 aromatic heterocycles. The van der Waals surface area contributed by atoms with Crippen molar-refractivity contribution in [1.29, 1.82) is 0 Å². The van der Waals surface area contributed by atoms with Gasteiger partial charge in [0.15, 0.2) is 0 Å². The van der Waals surface area contributed by atoms with Gasteiger partial charge in [0.2, 0.25) is 5.91 Å². The number of hydrogen-bond donors (Lipinski definition) is 1. The van der Waals surface area contributed by atoms with E-state index in [-0.39, 0.29) is 11.8 Å². The number of primary amides is 1. The molecule has 2 N–H and O–H groups in total. The summed E-state index contributed by atoms with van der Waals surface area (Å²) < 4.78 is 5.06.